The summed E-state index contributed by atoms with van der Waals surface area (Å²) in [5, 5.41) is 2.89. The van der Waals surface area contributed by atoms with Gasteiger partial charge in [0, 0.05) is 17.5 Å². The maximum atomic E-state index is 12.1. The van der Waals surface area contributed by atoms with Crippen LogP contribution in [0.4, 0.5) is 0 Å². The first kappa shape index (κ1) is 18.6. The number of carbonyl (C=O) groups excluding carboxylic acids is 1. The molecule has 1 amide bonds. The van der Waals surface area contributed by atoms with E-state index in [9.17, 15) is 4.79 Å². The van der Waals surface area contributed by atoms with E-state index in [1.54, 1.807) is 0 Å². The van der Waals surface area contributed by atoms with E-state index in [0.29, 0.717) is 24.6 Å². The van der Waals surface area contributed by atoms with Crippen LogP contribution in [0.5, 0.6) is 11.5 Å². The van der Waals surface area contributed by atoms with Gasteiger partial charge in [0.1, 0.15) is 13.2 Å². The number of thiophene rings is 1. The van der Waals surface area contributed by atoms with Crippen LogP contribution in [0.3, 0.4) is 0 Å². The second kappa shape index (κ2) is 8.37. The van der Waals surface area contributed by atoms with Crippen molar-refractivity contribution in [1.29, 1.82) is 0 Å². The zero-order valence-electron chi connectivity index (χ0n) is 13.4. The Morgan fingerprint density at radius 2 is 2.00 bits per heavy atom. The minimum Gasteiger partial charge on any atom is -0.486 e. The number of hydrogen-bond donors (Lipinski definition) is 2. The van der Waals surface area contributed by atoms with Crippen LogP contribution >= 0.6 is 23.7 Å². The zero-order chi connectivity index (χ0) is 16.2. The van der Waals surface area contributed by atoms with Crippen LogP contribution in [0.2, 0.25) is 0 Å². The van der Waals surface area contributed by atoms with E-state index in [1.807, 2.05) is 37.3 Å². The molecule has 2 heterocycles. The smallest absolute Gasteiger partial charge is 0.261 e. The molecule has 7 heteroatoms. The van der Waals surface area contributed by atoms with E-state index >= 15 is 0 Å². The van der Waals surface area contributed by atoms with E-state index in [2.05, 4.69) is 5.32 Å². The number of fused-ring (bicyclic) bond motifs is 1. The fraction of sp³-hybridized carbons (Fsp3) is 0.353. The highest BCUT2D eigenvalue weighted by Crippen LogP contribution is 2.36. The van der Waals surface area contributed by atoms with Crippen molar-refractivity contribution >= 4 is 29.7 Å². The Bertz CT molecular complexity index is 703. The maximum Gasteiger partial charge on any atom is 0.261 e. The molecule has 3 N–H and O–H groups in total. The third-order valence-electron chi connectivity index (χ3n) is 3.54. The third kappa shape index (κ3) is 4.41. The fourth-order valence-electron chi connectivity index (χ4n) is 2.31. The van der Waals surface area contributed by atoms with Gasteiger partial charge in [-0.05, 0) is 49.2 Å². The lowest BCUT2D eigenvalue weighted by atomic mass is 10.1. The molecule has 0 radical (unpaired) electrons. The summed E-state index contributed by atoms with van der Waals surface area (Å²) in [5.41, 5.74) is 6.70. The number of nitrogens with two attached hydrogens (primary N) is 1. The number of rotatable bonds is 5. The fourth-order valence-corrected chi connectivity index (χ4v) is 3.23. The highest BCUT2D eigenvalue weighted by atomic mass is 35.5. The van der Waals surface area contributed by atoms with Crippen LogP contribution < -0.4 is 20.5 Å². The molecule has 5 nitrogen and oxygen atoms in total. The minimum absolute atomic E-state index is 0. The highest BCUT2D eigenvalue weighted by molar-refractivity contribution is 7.17. The van der Waals surface area contributed by atoms with Gasteiger partial charge in [-0.3, -0.25) is 4.79 Å². The lowest BCUT2D eigenvalue weighted by molar-refractivity contribution is 0.0957. The number of amides is 1. The molecule has 24 heavy (non-hydrogen) atoms. The average Bonchev–Trinajstić information content (AvgIpc) is 3.04. The molecule has 0 bridgehead atoms. The summed E-state index contributed by atoms with van der Waals surface area (Å²) >= 11 is 1.46. The lowest BCUT2D eigenvalue weighted by Crippen LogP contribution is -2.28. The van der Waals surface area contributed by atoms with Gasteiger partial charge in [-0.25, -0.2) is 0 Å². The minimum atomic E-state index is -0.0561. The van der Waals surface area contributed by atoms with Crippen LogP contribution in [-0.2, 0) is 0 Å². The number of hydrogen-bond acceptors (Lipinski definition) is 5. The van der Waals surface area contributed by atoms with Crippen molar-refractivity contribution < 1.29 is 14.3 Å². The summed E-state index contributed by atoms with van der Waals surface area (Å²) in [7, 11) is 0. The van der Waals surface area contributed by atoms with Gasteiger partial charge in [-0.2, -0.15) is 0 Å². The zero-order valence-corrected chi connectivity index (χ0v) is 15.0. The SMILES string of the molecule is CC(N)CCNC(=O)c1ccc(-c2ccc3c(c2)OCCO3)s1.Cl. The molecule has 2 aromatic rings. The molecule has 0 spiro atoms. The number of halogens is 1. The Kier molecular flexibility index (Phi) is 6.48. The Labute approximate surface area is 151 Å². The van der Waals surface area contributed by atoms with Gasteiger partial charge in [0.25, 0.3) is 5.91 Å². The van der Waals surface area contributed by atoms with Crippen molar-refractivity contribution in [2.24, 2.45) is 5.73 Å². The summed E-state index contributed by atoms with van der Waals surface area (Å²) < 4.78 is 11.1. The molecule has 3 rings (SSSR count). The van der Waals surface area contributed by atoms with Crippen molar-refractivity contribution in [1.82, 2.24) is 5.32 Å². The Hall–Kier alpha value is -1.76. The van der Waals surface area contributed by atoms with Crippen molar-refractivity contribution in [2.45, 2.75) is 19.4 Å². The molecule has 130 valence electrons. The standard InChI is InChI=1S/C17H20N2O3S.ClH/c1-11(18)6-7-19-17(20)16-5-4-15(23-16)12-2-3-13-14(10-12)22-9-8-21-13;/h2-5,10-11H,6-9,18H2,1H3,(H,19,20);1H. The number of nitrogens with one attached hydrogen (secondary N) is 1. The van der Waals surface area contributed by atoms with E-state index in [0.717, 1.165) is 28.4 Å². The van der Waals surface area contributed by atoms with Crippen molar-refractivity contribution in [3.05, 3.63) is 35.2 Å². The van der Waals surface area contributed by atoms with Gasteiger partial charge in [0.2, 0.25) is 0 Å². The van der Waals surface area contributed by atoms with Crippen molar-refractivity contribution in [3.8, 4) is 21.9 Å². The van der Waals surface area contributed by atoms with Gasteiger partial charge in [0.05, 0.1) is 4.88 Å². The molecule has 0 saturated carbocycles. The molecule has 1 aromatic carbocycles. The third-order valence-corrected chi connectivity index (χ3v) is 4.67. The van der Waals surface area contributed by atoms with Gasteiger partial charge >= 0.3 is 0 Å². The Balaban J connectivity index is 0.00000208. The second-order valence-electron chi connectivity index (χ2n) is 5.54. The summed E-state index contributed by atoms with van der Waals surface area (Å²) in [4.78, 5) is 13.8. The van der Waals surface area contributed by atoms with Gasteiger partial charge < -0.3 is 20.5 Å². The molecule has 1 aromatic heterocycles. The van der Waals surface area contributed by atoms with E-state index in [1.165, 1.54) is 11.3 Å². The summed E-state index contributed by atoms with van der Waals surface area (Å²) in [6.45, 7) is 3.66. The average molecular weight is 369 g/mol. The van der Waals surface area contributed by atoms with Gasteiger partial charge in [0.15, 0.2) is 11.5 Å². The van der Waals surface area contributed by atoms with Crippen molar-refractivity contribution in [2.75, 3.05) is 19.8 Å². The predicted molar refractivity (Wildman–Crippen MR) is 98.6 cm³/mol. The topological polar surface area (TPSA) is 73.6 Å². The summed E-state index contributed by atoms with van der Waals surface area (Å²) in [6.07, 6.45) is 0.770. The number of benzene rings is 1. The van der Waals surface area contributed by atoms with Gasteiger partial charge in [-0.1, -0.05) is 0 Å². The molecular formula is C17H21ClN2O3S. The number of ether oxygens (including phenoxy) is 2. The summed E-state index contributed by atoms with van der Waals surface area (Å²) in [5.74, 6) is 1.47. The van der Waals surface area contributed by atoms with Crippen LogP contribution in [0.25, 0.3) is 10.4 Å². The van der Waals surface area contributed by atoms with E-state index < -0.39 is 0 Å². The first-order chi connectivity index (χ1) is 11.1. The molecule has 1 aliphatic rings. The van der Waals surface area contributed by atoms with Crippen LogP contribution in [-0.4, -0.2) is 31.7 Å². The quantitative estimate of drug-likeness (QED) is 0.850. The first-order valence-electron chi connectivity index (χ1n) is 7.67. The van der Waals surface area contributed by atoms with Crippen LogP contribution in [0, 0.1) is 0 Å². The molecule has 1 atom stereocenters. The Morgan fingerprint density at radius 3 is 2.75 bits per heavy atom. The van der Waals surface area contributed by atoms with Gasteiger partial charge in [-0.15, -0.1) is 23.7 Å². The molecule has 1 unspecified atom stereocenters. The maximum absolute atomic E-state index is 12.1. The van der Waals surface area contributed by atoms with Crippen LogP contribution in [0.15, 0.2) is 30.3 Å². The normalized spacial score (nSPS) is 13.8. The van der Waals surface area contributed by atoms with E-state index in [-0.39, 0.29) is 24.4 Å². The summed E-state index contributed by atoms with van der Waals surface area (Å²) in [6, 6.07) is 9.74. The van der Waals surface area contributed by atoms with E-state index in [4.69, 9.17) is 15.2 Å². The lowest BCUT2D eigenvalue weighted by Gasteiger charge is -2.18. The second-order valence-corrected chi connectivity index (χ2v) is 6.63. The predicted octanol–water partition coefficient (Wildman–Crippen LogP) is 3.08. The monoisotopic (exact) mass is 368 g/mol. The van der Waals surface area contributed by atoms with Crippen LogP contribution in [0.1, 0.15) is 23.0 Å². The van der Waals surface area contributed by atoms with Crippen molar-refractivity contribution in [3.63, 3.8) is 0 Å². The highest BCUT2D eigenvalue weighted by Gasteiger charge is 2.15. The number of carbonyl (C=O) groups is 1. The first-order valence-corrected chi connectivity index (χ1v) is 8.49. The molecule has 1 aliphatic heterocycles. The molecule has 0 aliphatic carbocycles. The molecule has 0 fully saturated rings. The largest absolute Gasteiger partial charge is 0.486 e. The molecular weight excluding hydrogens is 348 g/mol. The molecule has 0 saturated heterocycles. The Morgan fingerprint density at radius 1 is 1.25 bits per heavy atom.